The summed E-state index contributed by atoms with van der Waals surface area (Å²) in [6.45, 7) is 0. The van der Waals surface area contributed by atoms with Gasteiger partial charge in [0, 0.05) is 23.0 Å². The summed E-state index contributed by atoms with van der Waals surface area (Å²) in [5, 5.41) is 0. The summed E-state index contributed by atoms with van der Waals surface area (Å²) in [5.74, 6) is 1.75. The van der Waals surface area contributed by atoms with Crippen molar-refractivity contribution in [3.8, 4) is 0 Å². The fourth-order valence-corrected chi connectivity index (χ4v) is 3.04. The molecule has 1 fully saturated rings. The van der Waals surface area contributed by atoms with Crippen LogP contribution in [0.5, 0.6) is 0 Å². The molecule has 80 valence electrons. The molecule has 1 nitrogen and oxygen atoms in total. The second-order valence-electron chi connectivity index (χ2n) is 4.03. The van der Waals surface area contributed by atoms with Crippen molar-refractivity contribution in [2.45, 2.75) is 30.6 Å². The van der Waals surface area contributed by atoms with Gasteiger partial charge in [-0.05, 0) is 25.0 Å². The Morgan fingerprint density at radius 1 is 1.20 bits per heavy atom. The van der Waals surface area contributed by atoms with Gasteiger partial charge in [-0.2, -0.15) is 0 Å². The van der Waals surface area contributed by atoms with Crippen LogP contribution in [-0.2, 0) is 4.79 Å². The van der Waals surface area contributed by atoms with E-state index in [0.29, 0.717) is 11.7 Å². The Balaban J connectivity index is 1.85. The lowest BCUT2D eigenvalue weighted by atomic mass is 9.89. The van der Waals surface area contributed by atoms with Crippen molar-refractivity contribution in [2.75, 3.05) is 5.75 Å². The summed E-state index contributed by atoms with van der Waals surface area (Å²) in [7, 11) is 0. The maximum Gasteiger partial charge on any atom is 0.136 e. The first kappa shape index (κ1) is 10.7. The standard InChI is InChI=1S/C13H16OS/c14-13-9-5-4-6-11(13)10-15-12-7-2-1-3-8-12/h1-3,7-8,11H,4-6,9-10H2. The Hall–Kier alpha value is -0.760. The second kappa shape index (κ2) is 5.36. The van der Waals surface area contributed by atoms with E-state index in [2.05, 4.69) is 12.1 Å². The van der Waals surface area contributed by atoms with E-state index < -0.39 is 0 Å². The van der Waals surface area contributed by atoms with Gasteiger partial charge in [0.2, 0.25) is 0 Å². The van der Waals surface area contributed by atoms with Crippen molar-refractivity contribution >= 4 is 17.5 Å². The van der Waals surface area contributed by atoms with Crippen molar-refractivity contribution in [2.24, 2.45) is 5.92 Å². The van der Waals surface area contributed by atoms with E-state index >= 15 is 0 Å². The fourth-order valence-electron chi connectivity index (χ4n) is 1.94. The van der Waals surface area contributed by atoms with Crippen LogP contribution >= 0.6 is 11.8 Å². The molecular weight excluding hydrogens is 204 g/mol. The normalized spacial score (nSPS) is 21.6. The monoisotopic (exact) mass is 220 g/mol. The highest BCUT2D eigenvalue weighted by atomic mass is 32.2. The maximum absolute atomic E-state index is 11.6. The zero-order valence-electron chi connectivity index (χ0n) is 8.82. The van der Waals surface area contributed by atoms with Gasteiger partial charge in [0.1, 0.15) is 5.78 Å². The Kier molecular flexibility index (Phi) is 3.84. The Labute approximate surface area is 95.3 Å². The number of thioether (sulfide) groups is 1. The molecule has 1 unspecified atom stereocenters. The summed E-state index contributed by atoms with van der Waals surface area (Å²) >= 11 is 1.81. The topological polar surface area (TPSA) is 17.1 Å². The van der Waals surface area contributed by atoms with Crippen LogP contribution in [0.1, 0.15) is 25.7 Å². The number of ketones is 1. The number of benzene rings is 1. The average molecular weight is 220 g/mol. The van der Waals surface area contributed by atoms with Gasteiger partial charge in [-0.25, -0.2) is 0 Å². The number of Topliss-reactive ketones (excluding diaryl/α,β-unsaturated/α-hetero) is 1. The third-order valence-corrected chi connectivity index (χ3v) is 4.05. The number of hydrogen-bond acceptors (Lipinski definition) is 2. The highest BCUT2D eigenvalue weighted by Gasteiger charge is 2.21. The molecule has 1 aromatic carbocycles. The third-order valence-electron chi connectivity index (χ3n) is 2.88. The van der Waals surface area contributed by atoms with Crippen LogP contribution in [0.25, 0.3) is 0 Å². The first-order chi connectivity index (χ1) is 7.36. The van der Waals surface area contributed by atoms with Gasteiger partial charge >= 0.3 is 0 Å². The van der Waals surface area contributed by atoms with Gasteiger partial charge in [0.05, 0.1) is 0 Å². The van der Waals surface area contributed by atoms with E-state index in [1.165, 1.54) is 11.3 Å². The minimum Gasteiger partial charge on any atom is -0.299 e. The molecule has 15 heavy (non-hydrogen) atoms. The van der Waals surface area contributed by atoms with E-state index in [9.17, 15) is 4.79 Å². The van der Waals surface area contributed by atoms with Crippen molar-refractivity contribution in [1.82, 2.24) is 0 Å². The van der Waals surface area contributed by atoms with Crippen molar-refractivity contribution in [3.05, 3.63) is 30.3 Å². The molecule has 2 rings (SSSR count). The molecule has 1 aliphatic carbocycles. The average Bonchev–Trinajstić information content (AvgIpc) is 2.29. The minimum atomic E-state index is 0.309. The lowest BCUT2D eigenvalue weighted by molar-refractivity contribution is -0.123. The SMILES string of the molecule is O=C1CCCCC1CSc1ccccc1. The molecule has 1 atom stereocenters. The van der Waals surface area contributed by atoms with Gasteiger partial charge in [-0.1, -0.05) is 24.6 Å². The molecule has 0 heterocycles. The van der Waals surface area contributed by atoms with E-state index in [0.717, 1.165) is 25.0 Å². The van der Waals surface area contributed by atoms with Gasteiger partial charge in [-0.15, -0.1) is 11.8 Å². The number of carbonyl (C=O) groups excluding carboxylic acids is 1. The van der Waals surface area contributed by atoms with Crippen LogP contribution in [0.4, 0.5) is 0 Å². The lowest BCUT2D eigenvalue weighted by Crippen LogP contribution is -2.20. The fraction of sp³-hybridized carbons (Fsp3) is 0.462. The molecule has 2 heteroatoms. The van der Waals surface area contributed by atoms with Crippen LogP contribution in [0.2, 0.25) is 0 Å². The first-order valence-corrected chi connectivity index (χ1v) is 6.55. The third kappa shape index (κ3) is 3.10. The quantitative estimate of drug-likeness (QED) is 0.725. The number of rotatable bonds is 3. The van der Waals surface area contributed by atoms with Gasteiger partial charge < -0.3 is 0 Å². The zero-order valence-corrected chi connectivity index (χ0v) is 9.63. The minimum absolute atomic E-state index is 0.309. The Bertz CT molecular complexity index is 321. The Morgan fingerprint density at radius 2 is 2.00 bits per heavy atom. The molecule has 0 aromatic heterocycles. The molecule has 0 N–H and O–H groups in total. The molecule has 1 aromatic rings. The van der Waals surface area contributed by atoms with Crippen LogP contribution < -0.4 is 0 Å². The van der Waals surface area contributed by atoms with Crippen LogP contribution in [-0.4, -0.2) is 11.5 Å². The van der Waals surface area contributed by atoms with Gasteiger partial charge in [0.15, 0.2) is 0 Å². The highest BCUT2D eigenvalue weighted by molar-refractivity contribution is 7.99. The number of carbonyl (C=O) groups is 1. The molecule has 0 bridgehead atoms. The smallest absolute Gasteiger partial charge is 0.136 e. The zero-order chi connectivity index (χ0) is 10.5. The predicted octanol–water partition coefficient (Wildman–Crippen LogP) is 3.54. The molecule has 0 aliphatic heterocycles. The molecule has 1 saturated carbocycles. The summed E-state index contributed by atoms with van der Waals surface area (Å²) < 4.78 is 0. The van der Waals surface area contributed by atoms with E-state index in [-0.39, 0.29) is 0 Å². The van der Waals surface area contributed by atoms with Crippen molar-refractivity contribution in [3.63, 3.8) is 0 Å². The lowest BCUT2D eigenvalue weighted by Gasteiger charge is -2.19. The summed E-state index contributed by atoms with van der Waals surface area (Å²) in [4.78, 5) is 12.9. The second-order valence-corrected chi connectivity index (χ2v) is 5.13. The first-order valence-electron chi connectivity index (χ1n) is 5.57. The molecule has 0 radical (unpaired) electrons. The predicted molar refractivity (Wildman–Crippen MR) is 64.1 cm³/mol. The molecule has 1 aliphatic rings. The molecule has 0 amide bonds. The van der Waals surface area contributed by atoms with E-state index in [1.54, 1.807) is 0 Å². The molecular formula is C13H16OS. The largest absolute Gasteiger partial charge is 0.299 e. The number of hydrogen-bond donors (Lipinski definition) is 0. The highest BCUT2D eigenvalue weighted by Crippen LogP contribution is 2.27. The van der Waals surface area contributed by atoms with Crippen molar-refractivity contribution in [1.29, 1.82) is 0 Å². The summed E-state index contributed by atoms with van der Waals surface area (Å²) in [6, 6.07) is 10.3. The van der Waals surface area contributed by atoms with Crippen LogP contribution in [0, 0.1) is 5.92 Å². The van der Waals surface area contributed by atoms with Crippen LogP contribution in [0.15, 0.2) is 35.2 Å². The van der Waals surface area contributed by atoms with Gasteiger partial charge in [0.25, 0.3) is 0 Å². The van der Waals surface area contributed by atoms with E-state index in [4.69, 9.17) is 0 Å². The maximum atomic E-state index is 11.6. The molecule has 0 spiro atoms. The van der Waals surface area contributed by atoms with E-state index in [1.807, 2.05) is 30.0 Å². The van der Waals surface area contributed by atoms with Gasteiger partial charge in [-0.3, -0.25) is 4.79 Å². The molecule has 0 saturated heterocycles. The van der Waals surface area contributed by atoms with Crippen LogP contribution in [0.3, 0.4) is 0 Å². The van der Waals surface area contributed by atoms with Crippen molar-refractivity contribution < 1.29 is 4.79 Å². The Morgan fingerprint density at radius 3 is 2.73 bits per heavy atom. The summed E-state index contributed by atoms with van der Waals surface area (Å²) in [6.07, 6.45) is 4.23. The summed E-state index contributed by atoms with van der Waals surface area (Å²) in [5.41, 5.74) is 0.